The summed E-state index contributed by atoms with van der Waals surface area (Å²) in [7, 11) is -4.61. The van der Waals surface area contributed by atoms with Crippen molar-refractivity contribution in [1.29, 1.82) is 0 Å². The van der Waals surface area contributed by atoms with Crippen molar-refractivity contribution in [2.24, 2.45) is 0 Å². The molecule has 0 bridgehead atoms. The second-order valence-electron chi connectivity index (χ2n) is 0.600. The minimum absolute atomic E-state index is 0. The summed E-state index contributed by atoms with van der Waals surface area (Å²) in [5, 5.41) is 0. The predicted octanol–water partition coefficient (Wildman–Crippen LogP) is -3.81. The summed E-state index contributed by atoms with van der Waals surface area (Å²) < 4.78 is 0. The zero-order valence-corrected chi connectivity index (χ0v) is 6.79. The Balaban J connectivity index is -0.0000000800. The van der Waals surface area contributed by atoms with E-state index < -0.39 is 9.05 Å². The van der Waals surface area contributed by atoms with Gasteiger partial charge in [0.2, 0.25) is 0 Å². The molecule has 0 aromatic heterocycles. The minimum atomic E-state index is -4.61. The molecule has 0 unspecified atom stereocenters. The van der Waals surface area contributed by atoms with Gasteiger partial charge >= 0.3 is 9.05 Å². The Hall–Kier alpha value is 1.02. The summed E-state index contributed by atoms with van der Waals surface area (Å²) >= 11 is 0. The maximum Gasteiger partial charge on any atom is 0.668 e. The van der Waals surface area contributed by atoms with Crippen molar-refractivity contribution in [3.8, 4) is 0 Å². The number of hydrogen-bond acceptors (Lipinski definition) is 4. The molecule has 0 aliphatic carbocycles. The first kappa shape index (κ1) is 15.7. The van der Waals surface area contributed by atoms with Gasteiger partial charge in [-0.15, -0.1) is 0 Å². The van der Waals surface area contributed by atoms with Crippen LogP contribution in [-0.4, -0.2) is 63.3 Å². The van der Waals surface area contributed by atoms with E-state index in [1.165, 1.54) is 0 Å². The molecular weight excluding hydrogens is 131 g/mol. The van der Waals surface area contributed by atoms with Crippen molar-refractivity contribution in [3.63, 3.8) is 0 Å². The molecule has 0 rings (SSSR count). The molecule has 41 valence electrons. The monoisotopic (exact) mass is 137 g/mol. The molecule has 0 aliphatic rings. The zero-order chi connectivity index (χ0) is 4.50. The van der Waals surface area contributed by atoms with E-state index >= 15 is 0 Å². The topological polar surface area (TPSA) is 112 Å². The summed E-state index contributed by atoms with van der Waals surface area (Å²) in [4.78, 5) is 29.3. The van der Waals surface area contributed by atoms with E-state index in [9.17, 15) is 0 Å². The summed E-state index contributed by atoms with van der Waals surface area (Å²) in [6.45, 7) is 0. The molecule has 0 saturated carbocycles. The van der Waals surface area contributed by atoms with Crippen LogP contribution in [0.25, 0.3) is 0 Å². The SMILES string of the molecule is O.O[Si](O)(O)O.[Na]. The average molecular weight is 137 g/mol. The van der Waals surface area contributed by atoms with Crippen LogP contribution in [0.2, 0.25) is 0 Å². The Labute approximate surface area is 63.3 Å². The second-order valence-corrected chi connectivity index (χ2v) is 1.80. The normalized spacial score (nSPS) is 8.57. The summed E-state index contributed by atoms with van der Waals surface area (Å²) in [5.41, 5.74) is 0. The van der Waals surface area contributed by atoms with Crippen LogP contribution in [0.3, 0.4) is 0 Å². The smallest absolute Gasteiger partial charge is 0.412 e. The molecule has 0 aromatic rings. The molecular formula is H6NaO5Si. The third kappa shape index (κ3) is 171. The maximum atomic E-state index is 7.33. The molecule has 0 atom stereocenters. The van der Waals surface area contributed by atoms with E-state index in [1.807, 2.05) is 0 Å². The number of rotatable bonds is 0. The third-order valence-electron chi connectivity index (χ3n) is 0. The van der Waals surface area contributed by atoms with E-state index in [-0.39, 0.29) is 35.0 Å². The van der Waals surface area contributed by atoms with Crippen LogP contribution in [0.4, 0.5) is 0 Å². The Bertz CT molecular complexity index is 23.6. The van der Waals surface area contributed by atoms with Crippen LogP contribution in [0.1, 0.15) is 0 Å². The van der Waals surface area contributed by atoms with E-state index in [4.69, 9.17) is 19.2 Å². The van der Waals surface area contributed by atoms with Crippen molar-refractivity contribution in [2.45, 2.75) is 0 Å². The fourth-order valence-corrected chi connectivity index (χ4v) is 0. The van der Waals surface area contributed by atoms with Gasteiger partial charge in [0.25, 0.3) is 0 Å². The van der Waals surface area contributed by atoms with Crippen LogP contribution in [0, 0.1) is 0 Å². The van der Waals surface area contributed by atoms with Crippen molar-refractivity contribution in [2.75, 3.05) is 0 Å². The first-order valence-corrected chi connectivity index (χ1v) is 2.68. The molecule has 7 heteroatoms. The van der Waals surface area contributed by atoms with Gasteiger partial charge in [0.05, 0.1) is 0 Å². The number of hydrogen-bond donors (Lipinski definition) is 4. The fourth-order valence-electron chi connectivity index (χ4n) is 0. The summed E-state index contributed by atoms with van der Waals surface area (Å²) in [6, 6.07) is 0. The quantitative estimate of drug-likeness (QED) is 0.256. The second kappa shape index (κ2) is 5.16. The van der Waals surface area contributed by atoms with Crippen LogP contribution in [0.15, 0.2) is 0 Å². The molecule has 0 aromatic carbocycles. The Morgan fingerprint density at radius 2 is 0.857 bits per heavy atom. The van der Waals surface area contributed by atoms with Crippen molar-refractivity contribution >= 4 is 38.6 Å². The zero-order valence-electron chi connectivity index (χ0n) is 3.79. The first-order valence-electron chi connectivity index (χ1n) is 0.894. The Morgan fingerprint density at radius 1 is 0.857 bits per heavy atom. The predicted molar refractivity (Wildman–Crippen MR) is 24.0 cm³/mol. The Morgan fingerprint density at radius 3 is 0.857 bits per heavy atom. The van der Waals surface area contributed by atoms with E-state index in [2.05, 4.69) is 0 Å². The fraction of sp³-hybridized carbons (Fsp3) is 0. The summed E-state index contributed by atoms with van der Waals surface area (Å²) in [6.07, 6.45) is 0. The minimum Gasteiger partial charge on any atom is -0.412 e. The molecule has 6 N–H and O–H groups in total. The van der Waals surface area contributed by atoms with Gasteiger partial charge in [0.1, 0.15) is 0 Å². The Kier molecular flexibility index (Phi) is 11.6. The average Bonchev–Trinajstić information content (AvgIpc) is 0.722. The van der Waals surface area contributed by atoms with Crippen molar-refractivity contribution in [3.05, 3.63) is 0 Å². The molecule has 7 heavy (non-hydrogen) atoms. The van der Waals surface area contributed by atoms with Gasteiger partial charge in [0.15, 0.2) is 0 Å². The van der Waals surface area contributed by atoms with Gasteiger partial charge in [-0.3, -0.25) is 0 Å². The molecule has 0 amide bonds. The van der Waals surface area contributed by atoms with Gasteiger partial charge in [-0.1, -0.05) is 0 Å². The van der Waals surface area contributed by atoms with E-state index in [0.717, 1.165) is 0 Å². The standard InChI is InChI=1S/Na.H4O4Si.H2O/c;1-5(2,3)4;/h;1-4H;1H2. The van der Waals surface area contributed by atoms with Gasteiger partial charge in [-0.2, -0.15) is 0 Å². The van der Waals surface area contributed by atoms with Gasteiger partial charge < -0.3 is 24.7 Å². The van der Waals surface area contributed by atoms with Crippen LogP contribution in [-0.2, 0) is 0 Å². The van der Waals surface area contributed by atoms with E-state index in [1.54, 1.807) is 0 Å². The molecule has 0 heterocycles. The van der Waals surface area contributed by atoms with Crippen LogP contribution < -0.4 is 0 Å². The van der Waals surface area contributed by atoms with Crippen molar-refractivity contribution < 1.29 is 24.7 Å². The molecule has 1 radical (unpaired) electrons. The van der Waals surface area contributed by atoms with Gasteiger partial charge in [-0.25, -0.2) is 0 Å². The van der Waals surface area contributed by atoms with Gasteiger partial charge in [-0.05, 0) is 0 Å². The molecule has 0 aliphatic heterocycles. The third-order valence-corrected chi connectivity index (χ3v) is 0. The summed E-state index contributed by atoms with van der Waals surface area (Å²) in [5.74, 6) is 0. The first-order chi connectivity index (χ1) is 2.00. The maximum absolute atomic E-state index is 7.33. The van der Waals surface area contributed by atoms with Gasteiger partial charge in [0, 0.05) is 29.6 Å². The van der Waals surface area contributed by atoms with Crippen LogP contribution in [0.5, 0.6) is 0 Å². The molecule has 5 nitrogen and oxygen atoms in total. The van der Waals surface area contributed by atoms with Crippen molar-refractivity contribution in [1.82, 2.24) is 0 Å². The molecule has 0 saturated heterocycles. The van der Waals surface area contributed by atoms with Crippen LogP contribution >= 0.6 is 0 Å². The molecule has 0 fully saturated rings. The largest absolute Gasteiger partial charge is 0.668 e. The van der Waals surface area contributed by atoms with E-state index in [0.29, 0.717) is 0 Å². The molecule has 0 spiro atoms.